The number of rotatable bonds is 2. The van der Waals surface area contributed by atoms with Crippen LogP contribution in [0.15, 0.2) is 18.2 Å². The lowest BCUT2D eigenvalue weighted by Crippen LogP contribution is -2.41. The van der Waals surface area contributed by atoms with E-state index in [1.54, 1.807) is 0 Å². The summed E-state index contributed by atoms with van der Waals surface area (Å²) in [5.41, 5.74) is 9.52. The number of nitrogen functional groups attached to an aromatic ring is 1. The Balaban J connectivity index is 1.73. The molecule has 18 heavy (non-hydrogen) atoms. The van der Waals surface area contributed by atoms with Crippen LogP contribution < -0.4 is 5.73 Å². The van der Waals surface area contributed by atoms with Gasteiger partial charge in [-0.2, -0.15) is 0 Å². The molecule has 98 valence electrons. The Kier molecular flexibility index (Phi) is 3.29. The van der Waals surface area contributed by atoms with Crippen LogP contribution in [0.1, 0.15) is 43.2 Å². The molecule has 0 aromatic heterocycles. The summed E-state index contributed by atoms with van der Waals surface area (Å²) in [6.45, 7) is 4.44. The molecule has 2 heteroatoms. The first-order valence-electron chi connectivity index (χ1n) is 7.33. The number of hydrogen-bond acceptors (Lipinski definition) is 2. The fraction of sp³-hybridized carbons (Fsp3) is 0.625. The number of nitrogens with zero attached hydrogens (tertiary/aromatic N) is 1. The molecule has 2 fully saturated rings. The third-order valence-corrected chi connectivity index (χ3v) is 4.84. The second kappa shape index (κ2) is 4.93. The van der Waals surface area contributed by atoms with Crippen molar-refractivity contribution < 1.29 is 0 Å². The lowest BCUT2D eigenvalue weighted by molar-refractivity contribution is 0.106. The number of anilines is 1. The van der Waals surface area contributed by atoms with E-state index in [4.69, 9.17) is 5.73 Å². The lowest BCUT2D eigenvalue weighted by atomic mass is 9.91. The number of hydrogen-bond donors (Lipinski definition) is 1. The van der Waals surface area contributed by atoms with Gasteiger partial charge in [-0.05, 0) is 62.3 Å². The van der Waals surface area contributed by atoms with Crippen LogP contribution in [0, 0.1) is 12.8 Å². The molecule has 0 radical (unpaired) electrons. The molecule has 1 saturated heterocycles. The largest absolute Gasteiger partial charge is 0.399 e. The summed E-state index contributed by atoms with van der Waals surface area (Å²) < 4.78 is 0. The lowest BCUT2D eigenvalue weighted by Gasteiger charge is -2.37. The quantitative estimate of drug-likeness (QED) is 0.808. The van der Waals surface area contributed by atoms with Crippen LogP contribution in [-0.4, -0.2) is 17.5 Å². The standard InChI is InChI=1S/C16H24N2/c1-12-7-8-13(10-15(12)17)11-18-9-3-5-14-4-2-6-16(14)18/h7-8,10,14,16H,2-6,9,11,17H2,1H3. The molecule has 2 atom stereocenters. The third kappa shape index (κ3) is 2.26. The van der Waals surface area contributed by atoms with E-state index in [0.717, 1.165) is 24.2 Å². The van der Waals surface area contributed by atoms with Crippen LogP contribution in [0.5, 0.6) is 0 Å². The van der Waals surface area contributed by atoms with Crippen LogP contribution >= 0.6 is 0 Å². The summed E-state index contributed by atoms with van der Waals surface area (Å²) in [5, 5.41) is 0. The van der Waals surface area contributed by atoms with Crippen molar-refractivity contribution in [3.63, 3.8) is 0 Å². The molecular formula is C16H24N2. The van der Waals surface area contributed by atoms with Crippen LogP contribution in [0.25, 0.3) is 0 Å². The average Bonchev–Trinajstić information content (AvgIpc) is 2.83. The molecule has 2 unspecified atom stereocenters. The number of fused-ring (bicyclic) bond motifs is 1. The predicted octanol–water partition coefficient (Wildman–Crippen LogP) is 3.34. The van der Waals surface area contributed by atoms with Gasteiger partial charge in [0.15, 0.2) is 0 Å². The Morgan fingerprint density at radius 3 is 2.89 bits per heavy atom. The Morgan fingerprint density at radius 2 is 2.06 bits per heavy atom. The smallest absolute Gasteiger partial charge is 0.0346 e. The molecule has 0 bridgehead atoms. The summed E-state index contributed by atoms with van der Waals surface area (Å²) in [4.78, 5) is 2.70. The number of piperidine rings is 1. The molecule has 0 spiro atoms. The maximum absolute atomic E-state index is 6.01. The van der Waals surface area contributed by atoms with Gasteiger partial charge in [0.05, 0.1) is 0 Å². The molecule has 1 aliphatic carbocycles. The van der Waals surface area contributed by atoms with E-state index in [1.807, 2.05) is 0 Å². The predicted molar refractivity (Wildman–Crippen MR) is 76.4 cm³/mol. The monoisotopic (exact) mass is 244 g/mol. The van der Waals surface area contributed by atoms with Gasteiger partial charge in [-0.1, -0.05) is 18.6 Å². The van der Waals surface area contributed by atoms with Gasteiger partial charge in [-0.25, -0.2) is 0 Å². The van der Waals surface area contributed by atoms with E-state index in [0.29, 0.717) is 0 Å². The fourth-order valence-corrected chi connectivity index (χ4v) is 3.78. The van der Waals surface area contributed by atoms with Crippen molar-refractivity contribution >= 4 is 5.69 Å². The Labute approximate surface area is 110 Å². The van der Waals surface area contributed by atoms with Gasteiger partial charge in [-0.15, -0.1) is 0 Å². The molecule has 3 rings (SSSR count). The first-order chi connectivity index (χ1) is 8.74. The Hall–Kier alpha value is -1.02. The van der Waals surface area contributed by atoms with E-state index in [-0.39, 0.29) is 0 Å². The molecule has 1 heterocycles. The van der Waals surface area contributed by atoms with E-state index >= 15 is 0 Å². The molecule has 0 amide bonds. The summed E-state index contributed by atoms with van der Waals surface area (Å²) in [7, 11) is 0. The minimum atomic E-state index is 0.848. The molecule has 1 aromatic rings. The maximum Gasteiger partial charge on any atom is 0.0346 e. The van der Waals surface area contributed by atoms with Crippen LogP contribution in [-0.2, 0) is 6.54 Å². The SMILES string of the molecule is Cc1ccc(CN2CCCC3CCCC32)cc1N. The number of nitrogens with two attached hydrogens (primary N) is 1. The molecule has 1 aromatic carbocycles. The van der Waals surface area contributed by atoms with Gasteiger partial charge < -0.3 is 5.73 Å². The first-order valence-corrected chi connectivity index (χ1v) is 7.33. The highest BCUT2D eigenvalue weighted by Crippen LogP contribution is 2.37. The van der Waals surface area contributed by atoms with E-state index in [9.17, 15) is 0 Å². The van der Waals surface area contributed by atoms with Crippen molar-refractivity contribution in [2.75, 3.05) is 12.3 Å². The minimum Gasteiger partial charge on any atom is -0.399 e. The van der Waals surface area contributed by atoms with Crippen LogP contribution in [0.2, 0.25) is 0 Å². The summed E-state index contributed by atoms with van der Waals surface area (Å²) in [5.74, 6) is 0.974. The van der Waals surface area contributed by atoms with Crippen molar-refractivity contribution in [1.82, 2.24) is 4.90 Å². The van der Waals surface area contributed by atoms with Crippen molar-refractivity contribution in [3.8, 4) is 0 Å². The molecule has 2 N–H and O–H groups in total. The van der Waals surface area contributed by atoms with Crippen molar-refractivity contribution in [2.24, 2.45) is 5.92 Å². The minimum absolute atomic E-state index is 0.848. The first kappa shape index (κ1) is 12.0. The maximum atomic E-state index is 6.01. The van der Waals surface area contributed by atoms with Crippen molar-refractivity contribution in [3.05, 3.63) is 29.3 Å². The zero-order valence-electron chi connectivity index (χ0n) is 11.4. The molecule has 1 saturated carbocycles. The highest BCUT2D eigenvalue weighted by molar-refractivity contribution is 5.48. The highest BCUT2D eigenvalue weighted by atomic mass is 15.2. The Bertz CT molecular complexity index is 427. The van der Waals surface area contributed by atoms with Crippen LogP contribution in [0.4, 0.5) is 5.69 Å². The second-order valence-corrected chi connectivity index (χ2v) is 6.06. The third-order valence-electron chi connectivity index (χ3n) is 4.84. The van der Waals surface area contributed by atoms with Crippen LogP contribution in [0.3, 0.4) is 0 Å². The van der Waals surface area contributed by atoms with E-state index in [2.05, 4.69) is 30.0 Å². The average molecular weight is 244 g/mol. The molecular weight excluding hydrogens is 220 g/mol. The Morgan fingerprint density at radius 1 is 1.22 bits per heavy atom. The number of benzene rings is 1. The normalized spacial score (nSPS) is 28.3. The van der Waals surface area contributed by atoms with Crippen molar-refractivity contribution in [1.29, 1.82) is 0 Å². The van der Waals surface area contributed by atoms with Gasteiger partial charge in [0, 0.05) is 18.3 Å². The zero-order chi connectivity index (χ0) is 12.5. The van der Waals surface area contributed by atoms with E-state index in [1.165, 1.54) is 49.8 Å². The topological polar surface area (TPSA) is 29.3 Å². The van der Waals surface area contributed by atoms with Gasteiger partial charge >= 0.3 is 0 Å². The van der Waals surface area contributed by atoms with Gasteiger partial charge in [0.1, 0.15) is 0 Å². The van der Waals surface area contributed by atoms with Gasteiger partial charge in [0.2, 0.25) is 0 Å². The number of aryl methyl sites for hydroxylation is 1. The molecule has 2 aliphatic rings. The molecule has 1 aliphatic heterocycles. The van der Waals surface area contributed by atoms with Gasteiger partial charge in [0.25, 0.3) is 0 Å². The van der Waals surface area contributed by atoms with Crippen molar-refractivity contribution in [2.45, 2.75) is 51.6 Å². The summed E-state index contributed by atoms with van der Waals surface area (Å²) >= 11 is 0. The summed E-state index contributed by atoms with van der Waals surface area (Å²) in [6.07, 6.45) is 7.13. The fourth-order valence-electron chi connectivity index (χ4n) is 3.78. The second-order valence-electron chi connectivity index (χ2n) is 6.06. The van der Waals surface area contributed by atoms with Gasteiger partial charge in [-0.3, -0.25) is 4.90 Å². The van der Waals surface area contributed by atoms with E-state index < -0.39 is 0 Å². The molecule has 2 nitrogen and oxygen atoms in total. The number of likely N-dealkylation sites (tertiary alicyclic amines) is 1. The zero-order valence-corrected chi connectivity index (χ0v) is 11.4. The summed E-state index contributed by atoms with van der Waals surface area (Å²) in [6, 6.07) is 7.40. The highest BCUT2D eigenvalue weighted by Gasteiger charge is 2.34.